The molecule has 2 rings (SSSR count). The molecule has 4 unspecified atom stereocenters. The normalized spacial score (nSPS) is 17.0. The Morgan fingerprint density at radius 1 is 0.816 bits per heavy atom. The first-order valence-electron chi connectivity index (χ1n) is 12.0. The standard InChI is InChI=1S/C24H32N4O10/c29-14-5-3-13(4-6-14)12-18(23(36)27-17(24(37)38)8-10-20(32)33)28-22(35)16(7-9-19(30)31)26-21(34)15-2-1-11-25-15/h3-6,15-18,25,29H,1-2,7-12H2,(H,26,34)(H,27,36)(H,28,35)(H,30,31)(H,32,33)(H,37,38). The Kier molecular flexibility index (Phi) is 11.5. The fourth-order valence-electron chi connectivity index (χ4n) is 3.86. The maximum absolute atomic E-state index is 13.1. The number of carbonyl (C=O) groups excluding carboxylic acids is 3. The lowest BCUT2D eigenvalue weighted by Crippen LogP contribution is -2.57. The van der Waals surface area contributed by atoms with E-state index in [1.807, 2.05) is 0 Å². The quantitative estimate of drug-likeness (QED) is 0.135. The molecule has 1 saturated heterocycles. The molecule has 8 N–H and O–H groups in total. The first kappa shape index (κ1) is 30.0. The molecule has 1 heterocycles. The molecule has 14 nitrogen and oxygen atoms in total. The third-order valence-corrected chi connectivity index (χ3v) is 5.93. The molecule has 0 radical (unpaired) electrons. The number of benzene rings is 1. The molecule has 208 valence electrons. The van der Waals surface area contributed by atoms with Crippen molar-refractivity contribution in [3.8, 4) is 5.75 Å². The second-order valence-corrected chi connectivity index (χ2v) is 8.91. The van der Waals surface area contributed by atoms with E-state index < -0.39 is 79.1 Å². The number of rotatable bonds is 15. The van der Waals surface area contributed by atoms with Crippen molar-refractivity contribution in [3.63, 3.8) is 0 Å². The largest absolute Gasteiger partial charge is 0.508 e. The monoisotopic (exact) mass is 536 g/mol. The lowest BCUT2D eigenvalue weighted by Gasteiger charge is -2.25. The van der Waals surface area contributed by atoms with Crippen LogP contribution in [0.5, 0.6) is 5.75 Å². The smallest absolute Gasteiger partial charge is 0.326 e. The predicted molar refractivity (Wildman–Crippen MR) is 130 cm³/mol. The number of hydrogen-bond donors (Lipinski definition) is 8. The van der Waals surface area contributed by atoms with Crippen LogP contribution in [0.3, 0.4) is 0 Å². The Morgan fingerprint density at radius 2 is 1.37 bits per heavy atom. The van der Waals surface area contributed by atoms with Gasteiger partial charge < -0.3 is 41.7 Å². The van der Waals surface area contributed by atoms with Crippen molar-refractivity contribution in [1.29, 1.82) is 0 Å². The average Bonchev–Trinajstić information content (AvgIpc) is 3.39. The van der Waals surface area contributed by atoms with Crippen molar-refractivity contribution < 1.29 is 49.2 Å². The number of amides is 3. The third-order valence-electron chi connectivity index (χ3n) is 5.93. The Bertz CT molecular complexity index is 1020. The molecule has 1 aromatic rings. The van der Waals surface area contributed by atoms with Gasteiger partial charge >= 0.3 is 17.9 Å². The van der Waals surface area contributed by atoms with Gasteiger partial charge in [-0.3, -0.25) is 24.0 Å². The zero-order valence-corrected chi connectivity index (χ0v) is 20.5. The van der Waals surface area contributed by atoms with Gasteiger partial charge in [0.25, 0.3) is 0 Å². The van der Waals surface area contributed by atoms with Crippen molar-refractivity contribution in [2.24, 2.45) is 0 Å². The molecule has 0 spiro atoms. The molecule has 3 amide bonds. The van der Waals surface area contributed by atoms with Crippen molar-refractivity contribution in [1.82, 2.24) is 21.3 Å². The van der Waals surface area contributed by atoms with Crippen LogP contribution in [0.2, 0.25) is 0 Å². The fraction of sp³-hybridized carbons (Fsp3) is 0.500. The van der Waals surface area contributed by atoms with Gasteiger partial charge in [-0.15, -0.1) is 0 Å². The van der Waals surface area contributed by atoms with E-state index in [0.717, 1.165) is 6.42 Å². The van der Waals surface area contributed by atoms with Crippen LogP contribution in [-0.2, 0) is 35.2 Å². The molecule has 1 aromatic carbocycles. The summed E-state index contributed by atoms with van der Waals surface area (Å²) in [5.41, 5.74) is 0.488. The summed E-state index contributed by atoms with van der Waals surface area (Å²) in [6.07, 6.45) is -0.478. The fourth-order valence-corrected chi connectivity index (χ4v) is 3.86. The summed E-state index contributed by atoms with van der Waals surface area (Å²) in [6, 6.07) is 0.913. The topological polar surface area (TPSA) is 231 Å². The Hall–Kier alpha value is -4.20. The van der Waals surface area contributed by atoms with Crippen molar-refractivity contribution in [2.75, 3.05) is 6.54 Å². The first-order valence-corrected chi connectivity index (χ1v) is 12.0. The van der Waals surface area contributed by atoms with E-state index in [9.17, 15) is 39.0 Å². The highest BCUT2D eigenvalue weighted by Crippen LogP contribution is 2.13. The molecule has 0 aromatic heterocycles. The SMILES string of the molecule is O=C(O)CCC(NC(=O)C(Cc1ccc(O)cc1)NC(=O)C(CCC(=O)O)NC(=O)C1CCCN1)C(=O)O. The number of carboxylic acid groups (broad SMARTS) is 3. The van der Waals surface area contributed by atoms with Crippen molar-refractivity contribution in [3.05, 3.63) is 29.8 Å². The highest BCUT2D eigenvalue weighted by molar-refractivity contribution is 5.94. The summed E-state index contributed by atoms with van der Waals surface area (Å²) in [6.45, 7) is 0.617. The minimum atomic E-state index is -1.55. The van der Waals surface area contributed by atoms with Crippen LogP contribution < -0.4 is 21.3 Å². The number of phenols is 1. The summed E-state index contributed by atoms with van der Waals surface area (Å²) < 4.78 is 0. The molecule has 14 heteroatoms. The molecule has 1 aliphatic rings. The van der Waals surface area contributed by atoms with Crippen LogP contribution in [0.4, 0.5) is 0 Å². The van der Waals surface area contributed by atoms with Gasteiger partial charge in [-0.2, -0.15) is 0 Å². The van der Waals surface area contributed by atoms with Crippen LogP contribution in [0.15, 0.2) is 24.3 Å². The average molecular weight is 537 g/mol. The van der Waals surface area contributed by atoms with Gasteiger partial charge in [0.2, 0.25) is 17.7 Å². The molecule has 0 aliphatic carbocycles. The molecule has 1 aliphatic heterocycles. The van der Waals surface area contributed by atoms with Gasteiger partial charge in [0.15, 0.2) is 0 Å². The van der Waals surface area contributed by atoms with E-state index >= 15 is 0 Å². The van der Waals surface area contributed by atoms with Crippen molar-refractivity contribution >= 4 is 35.6 Å². The van der Waals surface area contributed by atoms with E-state index in [1.165, 1.54) is 24.3 Å². The molecule has 4 atom stereocenters. The van der Waals surface area contributed by atoms with Crippen molar-refractivity contribution in [2.45, 2.75) is 69.1 Å². The van der Waals surface area contributed by atoms with Gasteiger partial charge in [0.05, 0.1) is 6.04 Å². The lowest BCUT2D eigenvalue weighted by atomic mass is 10.0. The van der Waals surface area contributed by atoms with Crippen LogP contribution >= 0.6 is 0 Å². The predicted octanol–water partition coefficient (Wildman–Crippen LogP) is -1.04. The summed E-state index contributed by atoms with van der Waals surface area (Å²) in [5.74, 6) is -6.24. The summed E-state index contributed by atoms with van der Waals surface area (Å²) in [7, 11) is 0. The Labute approximate surface area is 217 Å². The number of aromatic hydroxyl groups is 1. The second-order valence-electron chi connectivity index (χ2n) is 8.91. The van der Waals surface area contributed by atoms with Gasteiger partial charge in [-0.1, -0.05) is 12.1 Å². The van der Waals surface area contributed by atoms with Gasteiger partial charge in [0.1, 0.15) is 23.9 Å². The van der Waals surface area contributed by atoms with Gasteiger partial charge in [-0.25, -0.2) is 4.79 Å². The Balaban J connectivity index is 2.23. The maximum atomic E-state index is 13.1. The van der Waals surface area contributed by atoms with Gasteiger partial charge in [0, 0.05) is 19.3 Å². The zero-order chi connectivity index (χ0) is 28.2. The maximum Gasteiger partial charge on any atom is 0.326 e. The molecular weight excluding hydrogens is 504 g/mol. The summed E-state index contributed by atoms with van der Waals surface area (Å²) in [5, 5.41) is 47.0. The van der Waals surface area contributed by atoms with Crippen LogP contribution in [-0.4, -0.2) is 86.8 Å². The zero-order valence-electron chi connectivity index (χ0n) is 20.5. The highest BCUT2D eigenvalue weighted by atomic mass is 16.4. The number of nitrogens with one attached hydrogen (secondary N) is 4. The summed E-state index contributed by atoms with van der Waals surface area (Å²) in [4.78, 5) is 72.3. The minimum absolute atomic E-state index is 0.0460. The summed E-state index contributed by atoms with van der Waals surface area (Å²) >= 11 is 0. The first-order chi connectivity index (χ1) is 18.0. The van der Waals surface area contributed by atoms with E-state index in [4.69, 9.17) is 10.2 Å². The third kappa shape index (κ3) is 10.0. The molecule has 0 saturated carbocycles. The molecule has 0 bridgehead atoms. The Morgan fingerprint density at radius 3 is 1.89 bits per heavy atom. The molecule has 1 fully saturated rings. The minimum Gasteiger partial charge on any atom is -0.508 e. The number of carbonyl (C=O) groups is 6. The second kappa shape index (κ2) is 14.5. The molecule has 38 heavy (non-hydrogen) atoms. The number of aliphatic carboxylic acids is 3. The van der Waals surface area contributed by atoms with E-state index in [0.29, 0.717) is 18.5 Å². The number of carboxylic acids is 3. The van der Waals surface area contributed by atoms with E-state index in [-0.39, 0.29) is 18.6 Å². The number of hydrogen-bond acceptors (Lipinski definition) is 8. The van der Waals surface area contributed by atoms with E-state index in [1.54, 1.807) is 0 Å². The van der Waals surface area contributed by atoms with Crippen LogP contribution in [0.1, 0.15) is 44.1 Å². The van der Waals surface area contributed by atoms with Crippen LogP contribution in [0.25, 0.3) is 0 Å². The van der Waals surface area contributed by atoms with Gasteiger partial charge in [-0.05, 0) is 49.9 Å². The van der Waals surface area contributed by atoms with E-state index in [2.05, 4.69) is 21.3 Å². The molecular formula is C24H32N4O10. The number of phenolic OH excluding ortho intramolecular Hbond substituents is 1. The van der Waals surface area contributed by atoms with Crippen LogP contribution in [0, 0.1) is 0 Å². The lowest BCUT2D eigenvalue weighted by molar-refractivity contribution is -0.143. The highest BCUT2D eigenvalue weighted by Gasteiger charge is 2.32.